The van der Waals surface area contributed by atoms with Crippen LogP contribution in [0.1, 0.15) is 51.7 Å². The number of halogens is 1. The summed E-state index contributed by atoms with van der Waals surface area (Å²) in [5.41, 5.74) is 1.69. The average Bonchev–Trinajstić information content (AvgIpc) is 3.01. The lowest BCUT2D eigenvalue weighted by molar-refractivity contribution is -0.175. The van der Waals surface area contributed by atoms with Crippen molar-refractivity contribution in [3.05, 3.63) is 82.9 Å². The normalized spacial score (nSPS) is 23.5. The molecule has 1 heterocycles. The van der Waals surface area contributed by atoms with E-state index in [-0.39, 0.29) is 37.6 Å². The Labute approximate surface area is 270 Å². The maximum atomic E-state index is 13.4. The van der Waals surface area contributed by atoms with Gasteiger partial charge in [0.25, 0.3) is 0 Å². The third-order valence-corrected chi connectivity index (χ3v) is 7.66. The minimum Gasteiger partial charge on any atom is -0.495 e. The van der Waals surface area contributed by atoms with E-state index in [9.17, 15) is 19.2 Å². The van der Waals surface area contributed by atoms with Crippen molar-refractivity contribution in [2.75, 3.05) is 13.7 Å². The second-order valence-corrected chi connectivity index (χ2v) is 12.1. The number of ether oxygens (including phenoxy) is 3. The number of amides is 2. The Kier molecular flexibility index (Phi) is 13.7. The lowest BCUT2D eigenvalue weighted by Gasteiger charge is -2.26. The van der Waals surface area contributed by atoms with Crippen LogP contribution in [0.15, 0.2) is 66.8 Å². The molecule has 0 radical (unpaired) electrons. The molecule has 5 atom stereocenters. The van der Waals surface area contributed by atoms with Crippen LogP contribution in [0.4, 0.5) is 0 Å². The highest BCUT2D eigenvalue weighted by molar-refractivity contribution is 6.32. The molecule has 2 aromatic rings. The van der Waals surface area contributed by atoms with Crippen LogP contribution in [0.2, 0.25) is 5.02 Å². The number of methoxy groups -OCH3 is 1. The monoisotopic (exact) mass is 638 g/mol. The van der Waals surface area contributed by atoms with Crippen molar-refractivity contribution in [2.45, 2.75) is 65.2 Å². The molecule has 0 aliphatic carbocycles. The van der Waals surface area contributed by atoms with Gasteiger partial charge in [0.2, 0.25) is 11.8 Å². The lowest BCUT2D eigenvalue weighted by Crippen LogP contribution is -2.49. The molecule has 0 spiro atoms. The maximum absolute atomic E-state index is 13.4. The van der Waals surface area contributed by atoms with Gasteiger partial charge < -0.3 is 24.8 Å². The van der Waals surface area contributed by atoms with Crippen molar-refractivity contribution in [3.8, 4) is 5.75 Å². The van der Waals surface area contributed by atoms with E-state index in [1.54, 1.807) is 31.2 Å². The first-order valence-electron chi connectivity index (χ1n) is 15.2. The minimum atomic E-state index is -1.11. The zero-order valence-corrected chi connectivity index (χ0v) is 27.2. The van der Waals surface area contributed by atoms with E-state index < -0.39 is 47.9 Å². The number of rotatable bonds is 8. The molecule has 2 N–H and O–H groups in total. The summed E-state index contributed by atoms with van der Waals surface area (Å²) in [6.45, 7) is 7.29. The third-order valence-electron chi connectivity index (χ3n) is 7.36. The Morgan fingerprint density at radius 2 is 1.76 bits per heavy atom. The van der Waals surface area contributed by atoms with Crippen LogP contribution in [-0.2, 0) is 35.1 Å². The van der Waals surface area contributed by atoms with E-state index in [1.165, 1.54) is 13.2 Å². The fourth-order valence-corrected chi connectivity index (χ4v) is 4.97. The van der Waals surface area contributed by atoms with Crippen molar-refractivity contribution < 1.29 is 33.4 Å². The Hall–Kier alpha value is -4.11. The summed E-state index contributed by atoms with van der Waals surface area (Å²) in [4.78, 5) is 52.7. The summed E-state index contributed by atoms with van der Waals surface area (Å²) in [5.74, 6) is -2.74. The summed E-state index contributed by atoms with van der Waals surface area (Å²) in [7, 11) is 1.51. The quantitative estimate of drug-likeness (QED) is 0.376. The smallest absolute Gasteiger partial charge is 0.347 e. The molecule has 0 aromatic heterocycles. The van der Waals surface area contributed by atoms with Crippen LogP contribution in [0, 0.1) is 17.8 Å². The molecule has 0 saturated heterocycles. The Balaban J connectivity index is 1.89. The SMILES string of the molecule is COc1ccc(C[C@H]2NC(=O)/C=C/C[C@H]([C@@H](C)/C=C/c3ccccc3)OC(=O)[C@H](CC(C)C)OC(=O)[C@H](C)CNC2=O)cc1Cl. The van der Waals surface area contributed by atoms with Crippen LogP contribution in [-0.4, -0.2) is 55.7 Å². The fraction of sp³-hybridized carbons (Fsp3) is 0.429. The van der Waals surface area contributed by atoms with E-state index in [2.05, 4.69) is 10.6 Å². The molecule has 0 fully saturated rings. The van der Waals surface area contributed by atoms with Crippen molar-refractivity contribution in [3.63, 3.8) is 0 Å². The lowest BCUT2D eigenvalue weighted by atomic mass is 9.99. The standard InChI is InChI=1S/C35H43ClN2O7/c1-22(2)18-31-35(42)44-29(23(3)14-15-25-10-7-6-8-11-25)12-9-13-32(39)38-28(33(40)37-21-24(4)34(41)45-31)20-26-16-17-30(43-5)27(36)19-26/h6-11,13-17,19,22-24,28-29,31H,12,18,20-21H2,1-5H3,(H,37,40)(H,38,39)/b13-9+,15-14+/t23-,24+,28+,29+,31-/m0/s1. The summed E-state index contributed by atoms with van der Waals surface area (Å²) in [6, 6.07) is 13.9. The van der Waals surface area contributed by atoms with Crippen LogP contribution in [0.3, 0.4) is 0 Å². The van der Waals surface area contributed by atoms with Gasteiger partial charge in [0.05, 0.1) is 18.1 Å². The van der Waals surface area contributed by atoms with Crippen molar-refractivity contribution in [1.82, 2.24) is 10.6 Å². The molecule has 3 rings (SSSR count). The number of benzene rings is 2. The number of cyclic esters (lactones) is 2. The number of hydrogen-bond donors (Lipinski definition) is 2. The molecule has 2 aromatic carbocycles. The number of carbonyl (C=O) groups is 4. The highest BCUT2D eigenvalue weighted by Crippen LogP contribution is 2.26. The predicted molar refractivity (Wildman–Crippen MR) is 173 cm³/mol. The molecule has 10 heteroatoms. The van der Waals surface area contributed by atoms with E-state index in [0.29, 0.717) is 16.3 Å². The molecule has 1 aliphatic heterocycles. The minimum absolute atomic E-state index is 0.0422. The Morgan fingerprint density at radius 3 is 2.42 bits per heavy atom. The zero-order valence-electron chi connectivity index (χ0n) is 26.5. The van der Waals surface area contributed by atoms with Gasteiger partial charge in [0.15, 0.2) is 6.10 Å². The first-order valence-corrected chi connectivity index (χ1v) is 15.6. The van der Waals surface area contributed by atoms with Gasteiger partial charge in [-0.2, -0.15) is 0 Å². The highest BCUT2D eigenvalue weighted by atomic mass is 35.5. The van der Waals surface area contributed by atoms with Crippen molar-refractivity contribution >= 4 is 41.4 Å². The Bertz CT molecular complexity index is 1380. The first kappa shape index (κ1) is 35.4. The molecule has 2 amide bonds. The number of esters is 2. The molecule has 1 aliphatic rings. The zero-order chi connectivity index (χ0) is 32.9. The average molecular weight is 639 g/mol. The molecule has 45 heavy (non-hydrogen) atoms. The van der Waals surface area contributed by atoms with Gasteiger partial charge >= 0.3 is 11.9 Å². The summed E-state index contributed by atoms with van der Waals surface area (Å²) >= 11 is 6.29. The van der Waals surface area contributed by atoms with Crippen molar-refractivity contribution in [1.29, 1.82) is 0 Å². The van der Waals surface area contributed by atoms with Gasteiger partial charge in [0, 0.05) is 25.3 Å². The molecular formula is C35H43ClN2O7. The van der Waals surface area contributed by atoms with Gasteiger partial charge in [-0.25, -0.2) is 4.79 Å². The Morgan fingerprint density at radius 1 is 1.02 bits per heavy atom. The maximum Gasteiger partial charge on any atom is 0.347 e. The fourth-order valence-electron chi connectivity index (χ4n) is 4.69. The van der Waals surface area contributed by atoms with Crippen LogP contribution < -0.4 is 15.4 Å². The number of nitrogens with one attached hydrogen (secondary N) is 2. The van der Waals surface area contributed by atoms with Gasteiger partial charge in [-0.3, -0.25) is 14.4 Å². The van der Waals surface area contributed by atoms with Gasteiger partial charge in [-0.15, -0.1) is 0 Å². The molecule has 242 valence electrons. The van der Waals surface area contributed by atoms with Crippen molar-refractivity contribution in [2.24, 2.45) is 17.8 Å². The summed E-state index contributed by atoms with van der Waals surface area (Å²) < 4.78 is 16.8. The third kappa shape index (κ3) is 11.4. The molecule has 0 bridgehead atoms. The van der Waals surface area contributed by atoms with Crippen LogP contribution in [0.5, 0.6) is 5.75 Å². The topological polar surface area (TPSA) is 120 Å². The van der Waals surface area contributed by atoms with E-state index in [4.69, 9.17) is 25.8 Å². The van der Waals surface area contributed by atoms with Gasteiger partial charge in [0.1, 0.15) is 17.9 Å². The van der Waals surface area contributed by atoms with Crippen LogP contribution in [0.25, 0.3) is 6.08 Å². The van der Waals surface area contributed by atoms with Gasteiger partial charge in [-0.1, -0.05) is 93.9 Å². The molecular weight excluding hydrogens is 596 g/mol. The highest BCUT2D eigenvalue weighted by Gasteiger charge is 2.31. The largest absolute Gasteiger partial charge is 0.495 e. The number of carbonyl (C=O) groups excluding carboxylic acids is 4. The van der Waals surface area contributed by atoms with Gasteiger partial charge in [-0.05, 0) is 41.7 Å². The van der Waals surface area contributed by atoms with E-state index >= 15 is 0 Å². The van der Waals surface area contributed by atoms with E-state index in [1.807, 2.05) is 63.3 Å². The number of hydrogen-bond acceptors (Lipinski definition) is 7. The van der Waals surface area contributed by atoms with E-state index in [0.717, 1.165) is 5.56 Å². The second kappa shape index (κ2) is 17.4. The second-order valence-electron chi connectivity index (χ2n) is 11.7. The van der Waals surface area contributed by atoms with Crippen LogP contribution >= 0.6 is 11.6 Å². The molecule has 0 saturated carbocycles. The first-order chi connectivity index (χ1) is 21.5. The molecule has 9 nitrogen and oxygen atoms in total. The predicted octanol–water partition coefficient (Wildman–Crippen LogP) is 5.31. The summed E-state index contributed by atoms with van der Waals surface area (Å²) in [6.07, 6.45) is 5.68. The molecule has 0 unspecified atom stereocenters. The summed E-state index contributed by atoms with van der Waals surface area (Å²) in [5, 5.41) is 5.85.